The Morgan fingerprint density at radius 2 is 1.62 bits per heavy atom. The van der Waals surface area contributed by atoms with Crippen LogP contribution in [0.1, 0.15) is 16.2 Å². The first kappa shape index (κ1) is 21.4. The van der Waals surface area contributed by atoms with Gasteiger partial charge in [-0.15, -0.1) is 10.2 Å². The molecule has 2 aromatic carbocycles. The van der Waals surface area contributed by atoms with Gasteiger partial charge in [0.25, 0.3) is 5.91 Å². The summed E-state index contributed by atoms with van der Waals surface area (Å²) in [4.78, 5) is 13.7. The van der Waals surface area contributed by atoms with Crippen molar-refractivity contribution in [2.24, 2.45) is 0 Å². The third kappa shape index (κ3) is 3.78. The molecule has 1 amide bonds. The first-order chi connectivity index (χ1) is 15.5. The topological polar surface area (TPSA) is 109 Å². The predicted octanol–water partition coefficient (Wildman–Crippen LogP) is 3.45. The number of nitrogens with zero attached hydrogens (tertiary/aromatic N) is 4. The number of benzene rings is 2. The average Bonchev–Trinajstić information content (AvgIpc) is 3.39. The molecule has 2 aromatic heterocycles. The molecule has 2 heterocycles. The van der Waals surface area contributed by atoms with E-state index in [4.69, 9.17) is 18.9 Å². The standard InChI is InChI=1S/C21H21N5O5S/c1-11-23-24-21-26(11)25-20(32-21)12-6-7-15(28-2)14(8-12)22-19(27)13-9-16(29-3)18(31-5)17(10-13)30-4/h6-10H,1-5H3,(H,22,27). The van der Waals surface area contributed by atoms with Crippen molar-refractivity contribution in [3.05, 3.63) is 41.7 Å². The van der Waals surface area contributed by atoms with Crippen molar-refractivity contribution in [2.75, 3.05) is 33.8 Å². The molecule has 10 nitrogen and oxygen atoms in total. The van der Waals surface area contributed by atoms with E-state index in [0.717, 1.165) is 10.6 Å². The Labute approximate surface area is 187 Å². The molecule has 0 unspecified atom stereocenters. The highest BCUT2D eigenvalue weighted by Crippen LogP contribution is 2.39. The number of aryl methyl sites for hydroxylation is 1. The number of fused-ring (bicyclic) bond motifs is 1. The normalized spacial score (nSPS) is 10.8. The Hall–Kier alpha value is -3.86. The van der Waals surface area contributed by atoms with Gasteiger partial charge in [0.1, 0.15) is 10.8 Å². The van der Waals surface area contributed by atoms with Crippen molar-refractivity contribution < 1.29 is 23.7 Å². The van der Waals surface area contributed by atoms with Gasteiger partial charge in [-0.2, -0.15) is 9.61 Å². The van der Waals surface area contributed by atoms with Crippen molar-refractivity contribution >= 4 is 27.9 Å². The number of methoxy groups -OCH3 is 4. The number of carbonyl (C=O) groups excluding carboxylic acids is 1. The lowest BCUT2D eigenvalue weighted by Gasteiger charge is -2.15. The fraction of sp³-hybridized carbons (Fsp3) is 0.238. The van der Waals surface area contributed by atoms with Crippen molar-refractivity contribution in [1.82, 2.24) is 19.8 Å². The van der Waals surface area contributed by atoms with E-state index in [1.54, 1.807) is 28.8 Å². The molecule has 0 aliphatic heterocycles. The Morgan fingerprint density at radius 3 is 2.22 bits per heavy atom. The number of aromatic nitrogens is 4. The molecule has 166 valence electrons. The van der Waals surface area contributed by atoms with Gasteiger partial charge in [-0.05, 0) is 37.3 Å². The summed E-state index contributed by atoms with van der Waals surface area (Å²) in [7, 11) is 6.03. The van der Waals surface area contributed by atoms with Gasteiger partial charge in [-0.1, -0.05) is 11.3 Å². The molecular formula is C21H21N5O5S. The summed E-state index contributed by atoms with van der Waals surface area (Å²) >= 11 is 1.40. The van der Waals surface area contributed by atoms with Crippen molar-refractivity contribution in [3.63, 3.8) is 0 Å². The van der Waals surface area contributed by atoms with Crippen LogP contribution >= 0.6 is 11.3 Å². The van der Waals surface area contributed by atoms with Gasteiger partial charge in [0, 0.05) is 11.1 Å². The van der Waals surface area contributed by atoms with Gasteiger partial charge in [0.05, 0.1) is 34.1 Å². The fourth-order valence-electron chi connectivity index (χ4n) is 3.18. The van der Waals surface area contributed by atoms with E-state index in [1.807, 2.05) is 13.0 Å². The second-order valence-electron chi connectivity index (χ2n) is 6.63. The number of anilines is 1. The van der Waals surface area contributed by atoms with Crippen LogP contribution in [-0.4, -0.2) is 54.2 Å². The van der Waals surface area contributed by atoms with Crippen molar-refractivity contribution in [1.29, 1.82) is 0 Å². The van der Waals surface area contributed by atoms with Gasteiger partial charge >= 0.3 is 0 Å². The Morgan fingerprint density at radius 1 is 0.938 bits per heavy atom. The molecule has 0 saturated heterocycles. The highest BCUT2D eigenvalue weighted by molar-refractivity contribution is 7.19. The zero-order valence-corrected chi connectivity index (χ0v) is 18.9. The molecule has 0 bridgehead atoms. The number of ether oxygens (including phenoxy) is 4. The van der Waals surface area contributed by atoms with Crippen LogP contribution in [-0.2, 0) is 0 Å². The summed E-state index contributed by atoms with van der Waals surface area (Å²) in [6.45, 7) is 1.83. The highest BCUT2D eigenvalue weighted by atomic mass is 32.1. The van der Waals surface area contributed by atoms with E-state index in [2.05, 4.69) is 20.6 Å². The van der Waals surface area contributed by atoms with Crippen LogP contribution in [0, 0.1) is 6.92 Å². The number of hydrogen-bond acceptors (Lipinski definition) is 9. The summed E-state index contributed by atoms with van der Waals surface area (Å²) in [5.41, 5.74) is 1.63. The van der Waals surface area contributed by atoms with Crippen LogP contribution in [0.25, 0.3) is 15.5 Å². The minimum atomic E-state index is -0.367. The van der Waals surface area contributed by atoms with E-state index in [9.17, 15) is 4.79 Å². The lowest BCUT2D eigenvalue weighted by Crippen LogP contribution is -2.13. The summed E-state index contributed by atoms with van der Waals surface area (Å²) in [5.74, 6) is 2.01. The molecular weight excluding hydrogens is 434 g/mol. The molecule has 0 atom stereocenters. The van der Waals surface area contributed by atoms with Gasteiger partial charge < -0.3 is 24.3 Å². The van der Waals surface area contributed by atoms with Gasteiger partial charge in [0.2, 0.25) is 10.7 Å². The quantitative estimate of drug-likeness (QED) is 0.451. The molecule has 0 aliphatic carbocycles. The van der Waals surface area contributed by atoms with E-state index < -0.39 is 0 Å². The van der Waals surface area contributed by atoms with Crippen LogP contribution < -0.4 is 24.3 Å². The summed E-state index contributed by atoms with van der Waals surface area (Å²) in [6.07, 6.45) is 0. The second-order valence-corrected chi connectivity index (χ2v) is 7.59. The van der Waals surface area contributed by atoms with Crippen LogP contribution in [0.2, 0.25) is 0 Å². The Balaban J connectivity index is 1.69. The highest BCUT2D eigenvalue weighted by Gasteiger charge is 2.19. The van der Waals surface area contributed by atoms with E-state index >= 15 is 0 Å². The second kappa shape index (κ2) is 8.71. The average molecular weight is 455 g/mol. The van der Waals surface area contributed by atoms with Crippen molar-refractivity contribution in [2.45, 2.75) is 6.92 Å². The molecule has 32 heavy (non-hydrogen) atoms. The van der Waals surface area contributed by atoms with Gasteiger partial charge in [-0.25, -0.2) is 0 Å². The van der Waals surface area contributed by atoms with E-state index in [-0.39, 0.29) is 5.91 Å². The fourth-order valence-corrected chi connectivity index (χ4v) is 4.06. The Kier molecular flexibility index (Phi) is 5.82. The SMILES string of the molecule is COc1ccc(-c2nn3c(C)nnc3s2)cc1NC(=O)c1cc(OC)c(OC)c(OC)c1. The lowest BCUT2D eigenvalue weighted by atomic mass is 10.1. The number of carbonyl (C=O) groups is 1. The summed E-state index contributed by atoms with van der Waals surface area (Å²) < 4.78 is 23.1. The first-order valence-corrected chi connectivity index (χ1v) is 10.3. The maximum atomic E-state index is 13.1. The summed E-state index contributed by atoms with van der Waals surface area (Å²) in [5, 5.41) is 16.3. The molecule has 0 fully saturated rings. The van der Waals surface area contributed by atoms with Crippen LogP contribution in [0.15, 0.2) is 30.3 Å². The van der Waals surface area contributed by atoms with Crippen LogP contribution in [0.5, 0.6) is 23.0 Å². The largest absolute Gasteiger partial charge is 0.495 e. The number of amides is 1. The van der Waals surface area contributed by atoms with Crippen LogP contribution in [0.3, 0.4) is 0 Å². The molecule has 4 rings (SSSR count). The smallest absolute Gasteiger partial charge is 0.256 e. The Bertz CT molecular complexity index is 1270. The maximum Gasteiger partial charge on any atom is 0.256 e. The molecule has 0 saturated carbocycles. The lowest BCUT2D eigenvalue weighted by molar-refractivity contribution is 0.102. The zero-order valence-electron chi connectivity index (χ0n) is 18.1. The van der Waals surface area contributed by atoms with E-state index in [1.165, 1.54) is 39.8 Å². The van der Waals surface area contributed by atoms with Gasteiger partial charge in [0.15, 0.2) is 17.3 Å². The monoisotopic (exact) mass is 455 g/mol. The van der Waals surface area contributed by atoms with E-state index in [0.29, 0.717) is 45.0 Å². The summed E-state index contributed by atoms with van der Waals surface area (Å²) in [6, 6.07) is 8.61. The van der Waals surface area contributed by atoms with Gasteiger partial charge in [-0.3, -0.25) is 4.79 Å². The third-order valence-corrected chi connectivity index (χ3v) is 5.72. The zero-order chi connectivity index (χ0) is 22.8. The molecule has 1 N–H and O–H groups in total. The molecule has 0 radical (unpaired) electrons. The van der Waals surface area contributed by atoms with Crippen molar-refractivity contribution in [3.8, 4) is 33.6 Å². The predicted molar refractivity (Wildman–Crippen MR) is 119 cm³/mol. The minimum Gasteiger partial charge on any atom is -0.495 e. The number of nitrogens with one attached hydrogen (secondary N) is 1. The number of rotatable bonds is 7. The first-order valence-electron chi connectivity index (χ1n) is 9.47. The third-order valence-electron chi connectivity index (χ3n) is 4.77. The maximum absolute atomic E-state index is 13.1. The van der Waals surface area contributed by atoms with Crippen LogP contribution in [0.4, 0.5) is 5.69 Å². The molecule has 4 aromatic rings. The minimum absolute atomic E-state index is 0.335. The molecule has 11 heteroatoms. The number of hydrogen-bond donors (Lipinski definition) is 1. The molecule has 0 spiro atoms. The molecule has 0 aliphatic rings.